The summed E-state index contributed by atoms with van der Waals surface area (Å²) in [4.78, 5) is 22.9. The van der Waals surface area contributed by atoms with Gasteiger partial charge in [0.2, 0.25) is 5.78 Å². The van der Waals surface area contributed by atoms with E-state index in [1.54, 1.807) is 38.1 Å². The number of benzene rings is 1. The third kappa shape index (κ3) is 3.90. The third-order valence-corrected chi connectivity index (χ3v) is 2.11. The zero-order chi connectivity index (χ0) is 12.8. The van der Waals surface area contributed by atoms with E-state index in [0.29, 0.717) is 11.3 Å². The smallest absolute Gasteiger partial charge is 0.375 e. The van der Waals surface area contributed by atoms with Crippen LogP contribution < -0.4 is 4.74 Å². The van der Waals surface area contributed by atoms with Crippen LogP contribution in [0.25, 0.3) is 0 Å². The Morgan fingerprint density at radius 3 is 2.47 bits per heavy atom. The van der Waals surface area contributed by atoms with Gasteiger partial charge in [0, 0.05) is 12.0 Å². The van der Waals surface area contributed by atoms with Crippen molar-refractivity contribution in [1.82, 2.24) is 0 Å². The summed E-state index contributed by atoms with van der Waals surface area (Å²) in [5, 5.41) is 0. The maximum atomic E-state index is 11.6. The molecule has 92 valence electrons. The van der Waals surface area contributed by atoms with Gasteiger partial charge in [0.1, 0.15) is 5.75 Å². The molecule has 0 unspecified atom stereocenters. The Labute approximate surface area is 101 Å². The van der Waals surface area contributed by atoms with Gasteiger partial charge in [-0.05, 0) is 19.9 Å². The van der Waals surface area contributed by atoms with Crippen LogP contribution in [0.3, 0.4) is 0 Å². The lowest BCUT2D eigenvalue weighted by atomic mass is 10.1. The minimum Gasteiger partial charge on any atom is -0.496 e. The first-order valence-corrected chi connectivity index (χ1v) is 5.40. The van der Waals surface area contributed by atoms with E-state index in [9.17, 15) is 9.59 Å². The molecule has 0 aliphatic carbocycles. The molecule has 0 amide bonds. The zero-order valence-corrected chi connectivity index (χ0v) is 10.2. The number of rotatable bonds is 5. The minimum absolute atomic E-state index is 0.00440. The molecule has 4 heteroatoms. The molecule has 0 aliphatic heterocycles. The van der Waals surface area contributed by atoms with E-state index in [2.05, 4.69) is 0 Å². The highest BCUT2D eigenvalue weighted by Gasteiger charge is 2.18. The van der Waals surface area contributed by atoms with E-state index in [1.807, 2.05) is 0 Å². The molecule has 0 saturated heterocycles. The number of carbonyl (C=O) groups excluding carboxylic acids is 2. The van der Waals surface area contributed by atoms with E-state index in [0.717, 1.165) is 0 Å². The van der Waals surface area contributed by atoms with Crippen LogP contribution in [0.15, 0.2) is 24.3 Å². The van der Waals surface area contributed by atoms with Crippen LogP contribution in [0, 0.1) is 0 Å². The second-order valence-electron chi connectivity index (χ2n) is 3.87. The van der Waals surface area contributed by atoms with Gasteiger partial charge in [0.05, 0.1) is 13.2 Å². The van der Waals surface area contributed by atoms with Gasteiger partial charge in [0.15, 0.2) is 0 Å². The molecule has 0 aromatic heterocycles. The molecule has 0 N–H and O–H groups in total. The van der Waals surface area contributed by atoms with Gasteiger partial charge in [-0.3, -0.25) is 4.79 Å². The minimum atomic E-state index is -0.800. The Kier molecular flexibility index (Phi) is 4.69. The molecule has 0 heterocycles. The molecule has 0 fully saturated rings. The molecule has 17 heavy (non-hydrogen) atoms. The molecule has 0 spiro atoms. The Morgan fingerprint density at radius 2 is 1.88 bits per heavy atom. The number of hydrogen-bond acceptors (Lipinski definition) is 4. The van der Waals surface area contributed by atoms with Crippen molar-refractivity contribution in [3.8, 4) is 5.75 Å². The van der Waals surface area contributed by atoms with Crippen molar-refractivity contribution >= 4 is 11.8 Å². The van der Waals surface area contributed by atoms with Crippen LogP contribution in [-0.4, -0.2) is 25.0 Å². The number of ketones is 1. The van der Waals surface area contributed by atoms with Gasteiger partial charge < -0.3 is 9.47 Å². The van der Waals surface area contributed by atoms with Crippen LogP contribution in [0.1, 0.15) is 19.4 Å². The fraction of sp³-hybridized carbons (Fsp3) is 0.385. The van der Waals surface area contributed by atoms with Crippen molar-refractivity contribution in [3.05, 3.63) is 29.8 Å². The predicted molar refractivity (Wildman–Crippen MR) is 62.9 cm³/mol. The highest BCUT2D eigenvalue weighted by Crippen LogP contribution is 2.18. The molecule has 0 radical (unpaired) electrons. The number of methoxy groups -OCH3 is 1. The monoisotopic (exact) mass is 236 g/mol. The summed E-state index contributed by atoms with van der Waals surface area (Å²) in [6, 6.07) is 7.09. The van der Waals surface area contributed by atoms with Crippen molar-refractivity contribution in [2.24, 2.45) is 0 Å². The molecule has 1 rings (SSSR count). The number of hydrogen-bond donors (Lipinski definition) is 0. The summed E-state index contributed by atoms with van der Waals surface area (Å²) in [6.45, 7) is 3.41. The summed E-state index contributed by atoms with van der Waals surface area (Å²) < 4.78 is 9.93. The number of ether oxygens (including phenoxy) is 2. The number of para-hydroxylation sites is 1. The average molecular weight is 236 g/mol. The predicted octanol–water partition coefficient (Wildman–Crippen LogP) is 1.76. The number of esters is 1. The zero-order valence-electron chi connectivity index (χ0n) is 10.2. The van der Waals surface area contributed by atoms with Crippen LogP contribution >= 0.6 is 0 Å². The van der Waals surface area contributed by atoms with Gasteiger partial charge >= 0.3 is 5.97 Å². The fourth-order valence-electron chi connectivity index (χ4n) is 1.37. The van der Waals surface area contributed by atoms with Crippen molar-refractivity contribution in [3.63, 3.8) is 0 Å². The Hall–Kier alpha value is -1.84. The van der Waals surface area contributed by atoms with Gasteiger partial charge in [-0.2, -0.15) is 0 Å². The normalized spacial score (nSPS) is 10.1. The van der Waals surface area contributed by atoms with E-state index in [-0.39, 0.29) is 12.5 Å². The van der Waals surface area contributed by atoms with Gasteiger partial charge in [-0.15, -0.1) is 0 Å². The van der Waals surface area contributed by atoms with Crippen LogP contribution in [-0.2, 0) is 20.7 Å². The van der Waals surface area contributed by atoms with Crippen LogP contribution in [0.2, 0.25) is 0 Å². The van der Waals surface area contributed by atoms with Crippen molar-refractivity contribution < 1.29 is 19.1 Å². The maximum absolute atomic E-state index is 11.6. The Bertz CT molecular complexity index is 410. The lowest BCUT2D eigenvalue weighted by Gasteiger charge is -2.09. The van der Waals surface area contributed by atoms with Crippen LogP contribution in [0.5, 0.6) is 5.75 Å². The molecule has 1 aromatic carbocycles. The quantitative estimate of drug-likeness (QED) is 0.577. The first-order chi connectivity index (χ1) is 8.04. The van der Waals surface area contributed by atoms with E-state index >= 15 is 0 Å². The number of carbonyl (C=O) groups is 2. The van der Waals surface area contributed by atoms with E-state index in [4.69, 9.17) is 9.47 Å². The topological polar surface area (TPSA) is 52.6 Å². The molecular weight excluding hydrogens is 220 g/mol. The van der Waals surface area contributed by atoms with E-state index in [1.165, 1.54) is 7.11 Å². The lowest BCUT2D eigenvalue weighted by molar-refractivity contribution is -0.156. The Balaban J connectivity index is 2.71. The molecular formula is C13H16O4. The summed E-state index contributed by atoms with van der Waals surface area (Å²) in [7, 11) is 1.52. The highest BCUT2D eigenvalue weighted by atomic mass is 16.5. The molecule has 0 saturated carbocycles. The largest absolute Gasteiger partial charge is 0.496 e. The third-order valence-electron chi connectivity index (χ3n) is 2.11. The molecule has 4 nitrogen and oxygen atoms in total. The van der Waals surface area contributed by atoms with Crippen molar-refractivity contribution in [2.75, 3.05) is 7.11 Å². The van der Waals surface area contributed by atoms with Gasteiger partial charge in [-0.1, -0.05) is 18.2 Å². The molecule has 0 aliphatic rings. The van der Waals surface area contributed by atoms with Gasteiger partial charge in [0.25, 0.3) is 0 Å². The summed E-state index contributed by atoms with van der Waals surface area (Å²) in [6.07, 6.45) is -0.292. The highest BCUT2D eigenvalue weighted by molar-refractivity contribution is 6.34. The number of Topliss-reactive ketones (excluding diaryl/α,β-unsaturated/α-hetero) is 1. The molecule has 1 aromatic rings. The summed E-state index contributed by atoms with van der Waals surface area (Å²) in [5.41, 5.74) is 0.681. The van der Waals surface area contributed by atoms with Gasteiger partial charge in [-0.25, -0.2) is 4.79 Å². The summed E-state index contributed by atoms with van der Waals surface area (Å²) >= 11 is 0. The van der Waals surface area contributed by atoms with Crippen molar-refractivity contribution in [2.45, 2.75) is 26.4 Å². The second kappa shape index (κ2) is 6.03. The fourth-order valence-corrected chi connectivity index (χ4v) is 1.37. The first-order valence-electron chi connectivity index (χ1n) is 5.40. The van der Waals surface area contributed by atoms with Crippen molar-refractivity contribution in [1.29, 1.82) is 0 Å². The molecule has 0 bridgehead atoms. The molecule has 0 atom stereocenters. The maximum Gasteiger partial charge on any atom is 0.375 e. The first kappa shape index (κ1) is 13.2. The second-order valence-corrected chi connectivity index (χ2v) is 3.87. The van der Waals surface area contributed by atoms with E-state index < -0.39 is 11.8 Å². The average Bonchev–Trinajstić information content (AvgIpc) is 2.28. The standard InChI is InChI=1S/C13H16O4/c1-9(2)17-13(15)11(14)8-10-6-4-5-7-12(10)16-3/h4-7,9H,8H2,1-3H3. The summed E-state index contributed by atoms with van der Waals surface area (Å²) in [5.74, 6) is -0.771. The SMILES string of the molecule is COc1ccccc1CC(=O)C(=O)OC(C)C. The Morgan fingerprint density at radius 1 is 1.24 bits per heavy atom. The lowest BCUT2D eigenvalue weighted by Crippen LogP contribution is -2.22. The van der Waals surface area contributed by atoms with Crippen LogP contribution in [0.4, 0.5) is 0 Å².